The molecule has 1 aromatic rings. The van der Waals surface area contributed by atoms with Crippen LogP contribution >= 0.6 is 0 Å². The zero-order valence-electron chi connectivity index (χ0n) is 11.7. The average Bonchev–Trinajstić information content (AvgIpc) is 2.43. The van der Waals surface area contributed by atoms with E-state index in [-0.39, 0.29) is 18.0 Å². The van der Waals surface area contributed by atoms with Crippen LogP contribution in [0.15, 0.2) is 18.2 Å². The third-order valence-corrected chi connectivity index (χ3v) is 2.71. The predicted molar refractivity (Wildman–Crippen MR) is 78.0 cm³/mol. The Balaban J connectivity index is 2.74. The van der Waals surface area contributed by atoms with Crippen molar-refractivity contribution >= 4 is 23.2 Å². The van der Waals surface area contributed by atoms with Crippen molar-refractivity contribution in [3.8, 4) is 0 Å². The Kier molecular flexibility index (Phi) is 6.12. The molecule has 1 aromatic carbocycles. The fourth-order valence-electron chi connectivity index (χ4n) is 1.74. The van der Waals surface area contributed by atoms with Crippen molar-refractivity contribution in [1.29, 1.82) is 0 Å². The highest BCUT2D eigenvalue weighted by Gasteiger charge is 2.16. The average molecular weight is 294 g/mol. The highest BCUT2D eigenvalue weighted by atomic mass is 16.6. The van der Waals surface area contributed by atoms with E-state index < -0.39 is 10.8 Å². The summed E-state index contributed by atoms with van der Waals surface area (Å²) in [6.45, 7) is 2.63. The molecule has 0 aliphatic carbocycles. The first kappa shape index (κ1) is 16.4. The van der Waals surface area contributed by atoms with Gasteiger partial charge in [-0.05, 0) is 25.5 Å². The summed E-state index contributed by atoms with van der Waals surface area (Å²) in [5, 5.41) is 16.4. The number of rotatable bonds is 8. The van der Waals surface area contributed by atoms with Gasteiger partial charge >= 0.3 is 0 Å². The molecular formula is C13H18N4O4. The molecule has 21 heavy (non-hydrogen) atoms. The van der Waals surface area contributed by atoms with Crippen molar-refractivity contribution in [2.45, 2.75) is 19.8 Å². The van der Waals surface area contributed by atoms with Crippen LogP contribution in [-0.2, 0) is 4.79 Å². The minimum atomic E-state index is -0.507. The van der Waals surface area contributed by atoms with Crippen LogP contribution in [-0.4, -0.2) is 29.8 Å². The zero-order valence-corrected chi connectivity index (χ0v) is 11.7. The van der Waals surface area contributed by atoms with E-state index in [4.69, 9.17) is 5.73 Å². The minimum absolute atomic E-state index is 0.0814. The molecule has 1 rings (SSSR count). The highest BCUT2D eigenvalue weighted by Crippen LogP contribution is 2.25. The summed E-state index contributed by atoms with van der Waals surface area (Å²) in [7, 11) is 0. The molecule has 8 nitrogen and oxygen atoms in total. The number of benzene rings is 1. The van der Waals surface area contributed by atoms with E-state index in [0.717, 1.165) is 0 Å². The number of nitrogens with one attached hydrogen (secondary N) is 2. The number of nitro groups is 1. The summed E-state index contributed by atoms with van der Waals surface area (Å²) in [5.41, 5.74) is 5.53. The van der Waals surface area contributed by atoms with Crippen LogP contribution in [0, 0.1) is 10.1 Å². The van der Waals surface area contributed by atoms with Crippen LogP contribution in [0.2, 0.25) is 0 Å². The molecule has 8 heteroatoms. The second kappa shape index (κ2) is 7.83. The number of nitrogens with zero attached hydrogens (tertiary/aromatic N) is 1. The molecule has 0 unspecified atom stereocenters. The quantitative estimate of drug-likeness (QED) is 0.375. The fraction of sp³-hybridized carbons (Fsp3) is 0.385. The van der Waals surface area contributed by atoms with E-state index in [1.165, 1.54) is 18.2 Å². The molecule has 0 aliphatic heterocycles. The number of carbonyl (C=O) groups is 2. The maximum absolute atomic E-state index is 11.9. The molecule has 0 spiro atoms. The summed E-state index contributed by atoms with van der Waals surface area (Å²) in [4.78, 5) is 32.8. The molecule has 0 aromatic heterocycles. The molecular weight excluding hydrogens is 276 g/mol. The molecule has 0 aliphatic rings. The van der Waals surface area contributed by atoms with Crippen molar-refractivity contribution in [1.82, 2.24) is 5.32 Å². The van der Waals surface area contributed by atoms with Gasteiger partial charge in [-0.25, -0.2) is 0 Å². The first-order valence-corrected chi connectivity index (χ1v) is 6.54. The fourth-order valence-corrected chi connectivity index (χ4v) is 1.74. The Morgan fingerprint density at radius 2 is 2.10 bits per heavy atom. The van der Waals surface area contributed by atoms with E-state index in [1.807, 2.05) is 0 Å². The van der Waals surface area contributed by atoms with E-state index in [2.05, 4.69) is 10.6 Å². The maximum atomic E-state index is 11.9. The number of anilines is 1. The normalized spacial score (nSPS) is 9.95. The lowest BCUT2D eigenvalue weighted by Crippen LogP contribution is -2.25. The SMILES string of the molecule is CCNc1cc(C(=O)NCCCC(N)=O)ccc1[N+](=O)[O-]. The molecule has 0 atom stereocenters. The van der Waals surface area contributed by atoms with Crippen LogP contribution in [0.4, 0.5) is 11.4 Å². The lowest BCUT2D eigenvalue weighted by Gasteiger charge is -2.08. The number of nitro benzene ring substituents is 1. The Hall–Kier alpha value is -2.64. The van der Waals surface area contributed by atoms with Crippen LogP contribution in [0.5, 0.6) is 0 Å². The smallest absolute Gasteiger partial charge is 0.292 e. The molecule has 0 saturated heterocycles. The molecule has 0 saturated carbocycles. The Labute approximate surface area is 121 Å². The van der Waals surface area contributed by atoms with E-state index >= 15 is 0 Å². The van der Waals surface area contributed by atoms with Crippen molar-refractivity contribution < 1.29 is 14.5 Å². The number of hydrogen-bond acceptors (Lipinski definition) is 5. The van der Waals surface area contributed by atoms with Gasteiger partial charge in [0.25, 0.3) is 11.6 Å². The zero-order chi connectivity index (χ0) is 15.8. The van der Waals surface area contributed by atoms with Crippen molar-refractivity contribution in [2.24, 2.45) is 5.73 Å². The van der Waals surface area contributed by atoms with Gasteiger partial charge in [-0.15, -0.1) is 0 Å². The van der Waals surface area contributed by atoms with Gasteiger partial charge in [0.1, 0.15) is 5.69 Å². The molecule has 4 N–H and O–H groups in total. The number of carbonyl (C=O) groups excluding carboxylic acids is 2. The van der Waals surface area contributed by atoms with Crippen molar-refractivity contribution in [3.63, 3.8) is 0 Å². The van der Waals surface area contributed by atoms with Crippen molar-refractivity contribution in [2.75, 3.05) is 18.4 Å². The Morgan fingerprint density at radius 3 is 2.67 bits per heavy atom. The second-order valence-electron chi connectivity index (χ2n) is 4.35. The van der Waals surface area contributed by atoms with Gasteiger partial charge in [-0.1, -0.05) is 0 Å². The monoisotopic (exact) mass is 294 g/mol. The van der Waals surface area contributed by atoms with Gasteiger partial charge in [0.15, 0.2) is 0 Å². The molecule has 0 heterocycles. The first-order chi connectivity index (χ1) is 9.95. The summed E-state index contributed by atoms with van der Waals surface area (Å²) in [5.74, 6) is -0.775. The van der Waals surface area contributed by atoms with Gasteiger partial charge in [-0.2, -0.15) is 0 Å². The van der Waals surface area contributed by atoms with Crippen LogP contribution < -0.4 is 16.4 Å². The second-order valence-corrected chi connectivity index (χ2v) is 4.35. The highest BCUT2D eigenvalue weighted by molar-refractivity contribution is 5.95. The molecule has 0 fully saturated rings. The van der Waals surface area contributed by atoms with Gasteiger partial charge < -0.3 is 16.4 Å². The van der Waals surface area contributed by atoms with Gasteiger partial charge in [-0.3, -0.25) is 19.7 Å². The Bertz CT molecular complexity index is 545. The standard InChI is InChI=1S/C13H18N4O4/c1-2-15-10-8-9(5-6-11(10)17(20)21)13(19)16-7-3-4-12(14)18/h5-6,8,15H,2-4,7H2,1H3,(H2,14,18)(H,16,19). The van der Waals surface area contributed by atoms with E-state index in [1.54, 1.807) is 6.92 Å². The number of nitrogens with two attached hydrogens (primary N) is 1. The topological polar surface area (TPSA) is 127 Å². The summed E-state index contributed by atoms with van der Waals surface area (Å²) in [6, 6.07) is 4.11. The van der Waals surface area contributed by atoms with E-state index in [0.29, 0.717) is 30.8 Å². The summed E-state index contributed by atoms with van der Waals surface area (Å²) >= 11 is 0. The van der Waals surface area contributed by atoms with Crippen molar-refractivity contribution in [3.05, 3.63) is 33.9 Å². The third kappa shape index (κ3) is 5.09. The maximum Gasteiger partial charge on any atom is 0.292 e. The van der Waals surface area contributed by atoms with Gasteiger partial charge in [0, 0.05) is 31.1 Å². The molecule has 0 bridgehead atoms. The number of hydrogen-bond donors (Lipinski definition) is 3. The van der Waals surface area contributed by atoms with Gasteiger partial charge in [0.05, 0.1) is 4.92 Å². The predicted octanol–water partition coefficient (Wildman–Crippen LogP) is 1.02. The minimum Gasteiger partial charge on any atom is -0.380 e. The number of amides is 2. The van der Waals surface area contributed by atoms with Crippen LogP contribution in [0.1, 0.15) is 30.1 Å². The molecule has 0 radical (unpaired) electrons. The van der Waals surface area contributed by atoms with Crippen LogP contribution in [0.25, 0.3) is 0 Å². The molecule has 2 amide bonds. The van der Waals surface area contributed by atoms with Gasteiger partial charge in [0.2, 0.25) is 5.91 Å². The summed E-state index contributed by atoms with van der Waals surface area (Å²) in [6.07, 6.45) is 0.650. The summed E-state index contributed by atoms with van der Waals surface area (Å²) < 4.78 is 0. The number of primary amides is 1. The molecule has 114 valence electrons. The lowest BCUT2D eigenvalue weighted by atomic mass is 10.1. The lowest BCUT2D eigenvalue weighted by molar-refractivity contribution is -0.384. The first-order valence-electron chi connectivity index (χ1n) is 6.54. The Morgan fingerprint density at radius 1 is 1.38 bits per heavy atom. The van der Waals surface area contributed by atoms with Crippen LogP contribution in [0.3, 0.4) is 0 Å². The largest absolute Gasteiger partial charge is 0.380 e. The third-order valence-electron chi connectivity index (χ3n) is 2.71. The van der Waals surface area contributed by atoms with E-state index in [9.17, 15) is 19.7 Å².